The van der Waals surface area contributed by atoms with Crippen molar-refractivity contribution < 1.29 is 19.1 Å². The summed E-state index contributed by atoms with van der Waals surface area (Å²) >= 11 is 0. The molecule has 0 spiro atoms. The van der Waals surface area contributed by atoms with Crippen LogP contribution in [0.25, 0.3) is 0 Å². The summed E-state index contributed by atoms with van der Waals surface area (Å²) < 4.78 is 9.86. The number of ether oxygens (including phenoxy) is 2. The molecular formula is C18H26N2O4. The highest BCUT2D eigenvalue weighted by atomic mass is 16.6. The summed E-state index contributed by atoms with van der Waals surface area (Å²) in [6.45, 7) is 3.88. The molecule has 132 valence electrons. The SMILES string of the molecule is COC(=O)COc1ccc(NC(=O)CCC2CCNCC2)c(C)c1. The Labute approximate surface area is 142 Å². The van der Waals surface area contributed by atoms with Crippen LogP contribution < -0.4 is 15.4 Å². The summed E-state index contributed by atoms with van der Waals surface area (Å²) in [6, 6.07) is 5.33. The highest BCUT2D eigenvalue weighted by Gasteiger charge is 2.15. The van der Waals surface area contributed by atoms with Gasteiger partial charge in [0.2, 0.25) is 5.91 Å². The van der Waals surface area contributed by atoms with Crippen LogP contribution in [0.2, 0.25) is 0 Å². The Balaban J connectivity index is 1.80. The minimum Gasteiger partial charge on any atom is -0.482 e. The van der Waals surface area contributed by atoms with Crippen molar-refractivity contribution in [3.8, 4) is 5.75 Å². The number of methoxy groups -OCH3 is 1. The first-order chi connectivity index (χ1) is 11.6. The van der Waals surface area contributed by atoms with E-state index in [1.54, 1.807) is 18.2 Å². The summed E-state index contributed by atoms with van der Waals surface area (Å²) in [6.07, 6.45) is 3.79. The third-order valence-electron chi connectivity index (χ3n) is 4.29. The standard InChI is InChI=1S/C18H26N2O4/c1-13-11-15(24-12-18(22)23-2)4-5-16(13)20-17(21)6-3-14-7-9-19-10-8-14/h4-5,11,14,19H,3,6-10,12H2,1-2H3,(H,20,21). The first kappa shape index (κ1) is 18.3. The van der Waals surface area contributed by atoms with Crippen LogP contribution in [0.3, 0.4) is 0 Å². The van der Waals surface area contributed by atoms with Gasteiger partial charge in [0.1, 0.15) is 5.75 Å². The number of hydrogen-bond donors (Lipinski definition) is 2. The van der Waals surface area contributed by atoms with Crippen LogP contribution in [-0.2, 0) is 14.3 Å². The van der Waals surface area contributed by atoms with Gasteiger partial charge in [-0.1, -0.05) is 0 Å². The smallest absolute Gasteiger partial charge is 0.343 e. The minimum absolute atomic E-state index is 0.0415. The average Bonchev–Trinajstić information content (AvgIpc) is 2.61. The maximum absolute atomic E-state index is 12.1. The molecule has 1 aliphatic heterocycles. The van der Waals surface area contributed by atoms with Gasteiger partial charge >= 0.3 is 5.97 Å². The monoisotopic (exact) mass is 334 g/mol. The number of aryl methyl sites for hydroxylation is 1. The van der Waals surface area contributed by atoms with E-state index in [0.717, 1.165) is 43.6 Å². The first-order valence-electron chi connectivity index (χ1n) is 8.39. The molecule has 1 aliphatic rings. The Hall–Kier alpha value is -2.08. The van der Waals surface area contributed by atoms with Gasteiger partial charge in [0.05, 0.1) is 7.11 Å². The normalized spacial score (nSPS) is 14.9. The number of esters is 1. The fourth-order valence-electron chi connectivity index (χ4n) is 2.79. The Morgan fingerprint density at radius 3 is 2.71 bits per heavy atom. The predicted octanol–water partition coefficient (Wildman–Crippen LogP) is 2.27. The topological polar surface area (TPSA) is 76.7 Å². The number of benzene rings is 1. The van der Waals surface area contributed by atoms with Crippen LogP contribution in [0.5, 0.6) is 5.75 Å². The predicted molar refractivity (Wildman–Crippen MR) is 92.1 cm³/mol. The molecule has 1 fully saturated rings. The molecule has 0 unspecified atom stereocenters. The zero-order valence-electron chi connectivity index (χ0n) is 14.4. The number of amides is 1. The summed E-state index contributed by atoms with van der Waals surface area (Å²) in [5.41, 5.74) is 1.67. The van der Waals surface area contributed by atoms with Gasteiger partial charge in [-0.15, -0.1) is 0 Å². The molecule has 1 aromatic rings. The molecule has 0 aromatic heterocycles. The molecule has 6 heteroatoms. The van der Waals surface area contributed by atoms with Crippen LogP contribution in [0.15, 0.2) is 18.2 Å². The average molecular weight is 334 g/mol. The van der Waals surface area contributed by atoms with Gasteiger partial charge in [-0.2, -0.15) is 0 Å². The number of rotatable bonds is 7. The number of nitrogens with one attached hydrogen (secondary N) is 2. The number of anilines is 1. The van der Waals surface area contributed by atoms with Crippen LogP contribution in [-0.4, -0.2) is 38.7 Å². The van der Waals surface area contributed by atoms with E-state index in [2.05, 4.69) is 15.4 Å². The number of carbonyl (C=O) groups excluding carboxylic acids is 2. The second-order valence-corrected chi connectivity index (χ2v) is 6.12. The first-order valence-corrected chi connectivity index (χ1v) is 8.39. The number of carbonyl (C=O) groups is 2. The quantitative estimate of drug-likeness (QED) is 0.748. The molecule has 6 nitrogen and oxygen atoms in total. The van der Waals surface area contributed by atoms with Gasteiger partial charge in [-0.05, 0) is 69.0 Å². The van der Waals surface area contributed by atoms with E-state index in [-0.39, 0.29) is 12.5 Å². The molecule has 1 aromatic carbocycles. The van der Waals surface area contributed by atoms with Gasteiger partial charge in [0.25, 0.3) is 0 Å². The zero-order valence-corrected chi connectivity index (χ0v) is 14.4. The molecule has 2 N–H and O–H groups in total. The summed E-state index contributed by atoms with van der Waals surface area (Å²) in [7, 11) is 1.32. The molecule has 1 heterocycles. The van der Waals surface area contributed by atoms with E-state index < -0.39 is 5.97 Å². The highest BCUT2D eigenvalue weighted by Crippen LogP contribution is 2.23. The third kappa shape index (κ3) is 5.85. The van der Waals surface area contributed by atoms with E-state index in [1.165, 1.54) is 7.11 Å². The van der Waals surface area contributed by atoms with E-state index in [9.17, 15) is 9.59 Å². The fraction of sp³-hybridized carbons (Fsp3) is 0.556. The molecule has 0 aliphatic carbocycles. The van der Waals surface area contributed by atoms with Crippen molar-refractivity contribution in [1.29, 1.82) is 0 Å². The highest BCUT2D eigenvalue weighted by molar-refractivity contribution is 5.91. The summed E-state index contributed by atoms with van der Waals surface area (Å²) in [5, 5.41) is 6.29. The van der Waals surface area contributed by atoms with Crippen molar-refractivity contribution in [2.24, 2.45) is 5.92 Å². The lowest BCUT2D eigenvalue weighted by atomic mass is 9.93. The Bertz CT molecular complexity index is 568. The molecule has 2 rings (SSSR count). The number of hydrogen-bond acceptors (Lipinski definition) is 5. The van der Waals surface area contributed by atoms with Gasteiger partial charge in [0, 0.05) is 12.1 Å². The molecule has 0 saturated carbocycles. The molecule has 0 atom stereocenters. The molecule has 24 heavy (non-hydrogen) atoms. The van der Waals surface area contributed by atoms with Crippen LogP contribution in [0, 0.1) is 12.8 Å². The van der Waals surface area contributed by atoms with E-state index in [1.807, 2.05) is 6.92 Å². The van der Waals surface area contributed by atoms with Gasteiger partial charge in [-0.25, -0.2) is 4.79 Å². The van der Waals surface area contributed by atoms with Crippen LogP contribution in [0.1, 0.15) is 31.2 Å². The third-order valence-corrected chi connectivity index (χ3v) is 4.29. The fourth-order valence-corrected chi connectivity index (χ4v) is 2.79. The van der Waals surface area contributed by atoms with E-state index in [4.69, 9.17) is 4.74 Å². The summed E-state index contributed by atoms with van der Waals surface area (Å²) in [4.78, 5) is 23.2. The second kappa shape index (κ2) is 9.27. The molecule has 1 amide bonds. The Morgan fingerprint density at radius 1 is 1.29 bits per heavy atom. The minimum atomic E-state index is -0.428. The Morgan fingerprint density at radius 2 is 2.04 bits per heavy atom. The molecule has 0 bridgehead atoms. The maximum Gasteiger partial charge on any atom is 0.343 e. The second-order valence-electron chi connectivity index (χ2n) is 6.12. The van der Waals surface area contributed by atoms with Gasteiger partial charge in [-0.3, -0.25) is 4.79 Å². The summed E-state index contributed by atoms with van der Waals surface area (Å²) in [5.74, 6) is 0.834. The lowest BCUT2D eigenvalue weighted by molar-refractivity contribution is -0.142. The van der Waals surface area contributed by atoms with Crippen molar-refractivity contribution in [3.63, 3.8) is 0 Å². The maximum atomic E-state index is 12.1. The van der Waals surface area contributed by atoms with Crippen molar-refractivity contribution in [2.75, 3.05) is 32.1 Å². The largest absolute Gasteiger partial charge is 0.482 e. The van der Waals surface area contributed by atoms with Crippen LogP contribution >= 0.6 is 0 Å². The van der Waals surface area contributed by atoms with Crippen molar-refractivity contribution in [1.82, 2.24) is 5.32 Å². The van der Waals surface area contributed by atoms with E-state index in [0.29, 0.717) is 18.1 Å². The van der Waals surface area contributed by atoms with Gasteiger partial charge in [0.15, 0.2) is 6.61 Å². The molecule has 1 saturated heterocycles. The van der Waals surface area contributed by atoms with Crippen molar-refractivity contribution in [3.05, 3.63) is 23.8 Å². The van der Waals surface area contributed by atoms with Crippen molar-refractivity contribution >= 4 is 17.6 Å². The zero-order chi connectivity index (χ0) is 17.4. The molecular weight excluding hydrogens is 308 g/mol. The van der Waals surface area contributed by atoms with Crippen LogP contribution in [0.4, 0.5) is 5.69 Å². The Kier molecular flexibility index (Phi) is 7.06. The van der Waals surface area contributed by atoms with E-state index >= 15 is 0 Å². The number of piperidine rings is 1. The molecule has 0 radical (unpaired) electrons. The lowest BCUT2D eigenvalue weighted by Crippen LogP contribution is -2.28. The van der Waals surface area contributed by atoms with Gasteiger partial charge < -0.3 is 20.1 Å². The van der Waals surface area contributed by atoms with Crippen molar-refractivity contribution in [2.45, 2.75) is 32.6 Å². The lowest BCUT2D eigenvalue weighted by Gasteiger charge is -2.22.